The molecule has 1 aliphatic rings. The number of hydrogen-bond donors (Lipinski definition) is 0. The molecule has 0 atom stereocenters. The minimum absolute atomic E-state index is 0. The Hall–Kier alpha value is -1.92. The Kier molecular flexibility index (Phi) is 8.40. The largest absolute Gasteiger partial charge is 1.00 e. The van der Waals surface area contributed by atoms with Crippen LogP contribution in [0, 0.1) is 0 Å². The molecule has 4 aromatic rings. The molecular formula is C34H37BrClP. The quantitative estimate of drug-likeness (QED) is 0.270. The van der Waals surface area contributed by atoms with E-state index in [-0.39, 0.29) is 27.8 Å². The second-order valence-corrected chi connectivity index (χ2v) is 15.6. The molecule has 0 unspecified atom stereocenters. The Labute approximate surface area is 239 Å². The van der Waals surface area contributed by atoms with E-state index in [4.69, 9.17) is 11.6 Å². The fourth-order valence-corrected chi connectivity index (χ4v) is 10.5. The average Bonchev–Trinajstić information content (AvgIpc) is 2.90. The van der Waals surface area contributed by atoms with Gasteiger partial charge in [0, 0.05) is 11.4 Å². The summed E-state index contributed by atoms with van der Waals surface area (Å²) >= 11 is 7.06. The molecule has 0 aliphatic heterocycles. The summed E-state index contributed by atoms with van der Waals surface area (Å²) in [7, 11) is -1.88. The van der Waals surface area contributed by atoms with Crippen LogP contribution in [0.15, 0.2) is 103 Å². The van der Waals surface area contributed by atoms with E-state index < -0.39 is 7.26 Å². The number of rotatable bonds is 6. The summed E-state index contributed by atoms with van der Waals surface area (Å²) < 4.78 is 0. The van der Waals surface area contributed by atoms with Crippen LogP contribution >= 0.6 is 18.9 Å². The van der Waals surface area contributed by atoms with Crippen LogP contribution in [0.5, 0.6) is 0 Å². The van der Waals surface area contributed by atoms with Gasteiger partial charge in [0.15, 0.2) is 0 Å². The van der Waals surface area contributed by atoms with Crippen molar-refractivity contribution in [3.05, 3.63) is 125 Å². The topological polar surface area (TPSA) is 0 Å². The summed E-state index contributed by atoms with van der Waals surface area (Å²) in [5.41, 5.74) is 4.55. The Morgan fingerprint density at radius 2 is 1.00 bits per heavy atom. The van der Waals surface area contributed by atoms with Gasteiger partial charge in [-0.25, -0.2) is 0 Å². The van der Waals surface area contributed by atoms with Crippen LogP contribution in [0.25, 0.3) is 0 Å². The fraction of sp³-hybridized carbons (Fsp3) is 0.294. The van der Waals surface area contributed by atoms with Gasteiger partial charge < -0.3 is 17.0 Å². The first-order valence-electron chi connectivity index (χ1n) is 13.1. The lowest BCUT2D eigenvalue weighted by Crippen LogP contribution is -3.00. The SMILES string of the molecule is CC1(C)CCC(C)(C)c2cc(CC[P+](c3ccccc3)(c3ccccc3)c3ccccc3)c(Cl)cc21.[Br-]. The van der Waals surface area contributed by atoms with E-state index in [9.17, 15) is 0 Å². The van der Waals surface area contributed by atoms with E-state index in [1.54, 1.807) is 0 Å². The van der Waals surface area contributed by atoms with Gasteiger partial charge in [-0.1, -0.05) is 100.0 Å². The highest BCUT2D eigenvalue weighted by atomic mass is 79.9. The maximum absolute atomic E-state index is 7.06. The van der Waals surface area contributed by atoms with E-state index >= 15 is 0 Å². The lowest BCUT2D eigenvalue weighted by Gasteiger charge is -2.42. The Balaban J connectivity index is 0.00000320. The van der Waals surface area contributed by atoms with Crippen LogP contribution in [0.1, 0.15) is 57.2 Å². The minimum Gasteiger partial charge on any atom is -1.00 e. The minimum atomic E-state index is -1.88. The smallest absolute Gasteiger partial charge is 0.112 e. The molecule has 0 N–H and O–H groups in total. The molecule has 0 amide bonds. The Morgan fingerprint density at radius 1 is 0.622 bits per heavy atom. The molecule has 0 fully saturated rings. The van der Waals surface area contributed by atoms with E-state index in [2.05, 4.69) is 131 Å². The average molecular weight is 592 g/mol. The molecule has 192 valence electrons. The number of halogens is 2. The maximum atomic E-state index is 7.06. The highest BCUT2D eigenvalue weighted by Crippen LogP contribution is 2.56. The van der Waals surface area contributed by atoms with Crippen LogP contribution < -0.4 is 32.9 Å². The molecule has 0 bridgehead atoms. The second kappa shape index (κ2) is 11.1. The molecule has 0 saturated heterocycles. The standard InChI is InChI=1S/C34H37ClP.BrH/c1-33(2)21-22-34(3,4)31-25-32(35)26(24-30(31)33)20-23-36(27-14-8-5-9-15-27,28-16-10-6-11-17-28)29-18-12-7-13-19-29;/h5-19,24-25H,20-23H2,1-4H3;1H/q+1;/p-1. The summed E-state index contributed by atoms with van der Waals surface area (Å²) in [5.74, 6) is 0. The summed E-state index contributed by atoms with van der Waals surface area (Å²) in [6, 6.07) is 38.2. The third kappa shape index (κ3) is 5.34. The lowest BCUT2D eigenvalue weighted by atomic mass is 9.63. The van der Waals surface area contributed by atoms with Gasteiger partial charge in [0.05, 0.1) is 6.16 Å². The molecule has 0 radical (unpaired) electrons. The van der Waals surface area contributed by atoms with Crippen molar-refractivity contribution in [2.75, 3.05) is 6.16 Å². The molecule has 37 heavy (non-hydrogen) atoms. The Morgan fingerprint density at radius 3 is 1.41 bits per heavy atom. The first kappa shape index (κ1) is 28.1. The fourth-order valence-electron chi connectivity index (χ4n) is 5.99. The molecule has 0 heterocycles. The third-order valence-electron chi connectivity index (χ3n) is 8.33. The van der Waals surface area contributed by atoms with Gasteiger partial charge in [0.2, 0.25) is 0 Å². The van der Waals surface area contributed by atoms with Crippen molar-refractivity contribution in [3.8, 4) is 0 Å². The predicted octanol–water partition coefficient (Wildman–Crippen LogP) is 5.23. The number of hydrogen-bond acceptors (Lipinski definition) is 0. The molecular weight excluding hydrogens is 555 g/mol. The van der Waals surface area contributed by atoms with Gasteiger partial charge >= 0.3 is 0 Å². The van der Waals surface area contributed by atoms with Crippen molar-refractivity contribution in [3.63, 3.8) is 0 Å². The zero-order chi connectivity index (χ0) is 25.4. The van der Waals surface area contributed by atoms with Crippen LogP contribution in [0.3, 0.4) is 0 Å². The molecule has 0 saturated carbocycles. The van der Waals surface area contributed by atoms with Crippen LogP contribution in [0.4, 0.5) is 0 Å². The molecule has 4 aromatic carbocycles. The number of benzene rings is 4. The van der Waals surface area contributed by atoms with Gasteiger partial charge in [-0.05, 0) is 82.8 Å². The van der Waals surface area contributed by atoms with Crippen LogP contribution in [0.2, 0.25) is 5.02 Å². The highest BCUT2D eigenvalue weighted by molar-refractivity contribution is 7.95. The van der Waals surface area contributed by atoms with Crippen molar-refractivity contribution in [2.24, 2.45) is 0 Å². The normalized spacial score (nSPS) is 15.9. The monoisotopic (exact) mass is 590 g/mol. The van der Waals surface area contributed by atoms with E-state index in [1.165, 1.54) is 45.4 Å². The summed E-state index contributed by atoms with van der Waals surface area (Å²) in [5, 5.41) is 5.21. The molecule has 0 aromatic heterocycles. The number of fused-ring (bicyclic) bond motifs is 1. The van der Waals surface area contributed by atoms with Gasteiger partial charge in [0.1, 0.15) is 23.2 Å². The second-order valence-electron chi connectivity index (χ2n) is 11.5. The van der Waals surface area contributed by atoms with Crippen LogP contribution in [-0.2, 0) is 17.3 Å². The summed E-state index contributed by atoms with van der Waals surface area (Å²) in [4.78, 5) is 0. The van der Waals surface area contributed by atoms with Crippen molar-refractivity contribution < 1.29 is 17.0 Å². The van der Waals surface area contributed by atoms with E-state index in [0.29, 0.717) is 0 Å². The van der Waals surface area contributed by atoms with Gasteiger partial charge in [-0.3, -0.25) is 0 Å². The van der Waals surface area contributed by atoms with Crippen molar-refractivity contribution >= 4 is 34.8 Å². The van der Waals surface area contributed by atoms with Crippen LogP contribution in [-0.4, -0.2) is 6.16 Å². The zero-order valence-electron chi connectivity index (χ0n) is 22.3. The molecule has 3 heteroatoms. The Bertz CT molecular complexity index is 1230. The summed E-state index contributed by atoms with van der Waals surface area (Å²) in [6.45, 7) is 9.53. The predicted molar refractivity (Wildman–Crippen MR) is 160 cm³/mol. The lowest BCUT2D eigenvalue weighted by molar-refractivity contribution is -0.00000755. The third-order valence-corrected chi connectivity index (χ3v) is 13.1. The van der Waals surface area contributed by atoms with Crippen molar-refractivity contribution in [1.29, 1.82) is 0 Å². The van der Waals surface area contributed by atoms with Gasteiger partial charge in [0.25, 0.3) is 0 Å². The molecule has 5 rings (SSSR count). The first-order chi connectivity index (χ1) is 17.2. The molecule has 1 aliphatic carbocycles. The first-order valence-corrected chi connectivity index (χ1v) is 15.5. The van der Waals surface area contributed by atoms with Gasteiger partial charge in [-0.15, -0.1) is 0 Å². The molecule has 0 nitrogen and oxygen atoms in total. The van der Waals surface area contributed by atoms with E-state index in [0.717, 1.165) is 17.6 Å². The van der Waals surface area contributed by atoms with Gasteiger partial charge in [-0.2, -0.15) is 0 Å². The summed E-state index contributed by atoms with van der Waals surface area (Å²) in [6.07, 6.45) is 4.42. The number of aryl methyl sites for hydroxylation is 1. The molecule has 0 spiro atoms. The van der Waals surface area contributed by atoms with E-state index in [1.807, 2.05) is 0 Å². The van der Waals surface area contributed by atoms with Crippen molar-refractivity contribution in [1.82, 2.24) is 0 Å². The zero-order valence-corrected chi connectivity index (χ0v) is 25.6. The highest BCUT2D eigenvalue weighted by Gasteiger charge is 2.45. The maximum Gasteiger partial charge on any atom is 0.112 e. The van der Waals surface area contributed by atoms with Crippen molar-refractivity contribution in [2.45, 2.75) is 57.8 Å².